The van der Waals surface area contributed by atoms with Crippen LogP contribution in [0.5, 0.6) is 0 Å². The minimum atomic E-state index is -5.08. The van der Waals surface area contributed by atoms with Gasteiger partial charge in [-0.2, -0.15) is 13.2 Å². The Labute approximate surface area is 193 Å². The molecule has 3 rings (SSSR count). The first-order valence-corrected chi connectivity index (χ1v) is 10.6. The monoisotopic (exact) mass is 494 g/mol. The summed E-state index contributed by atoms with van der Waals surface area (Å²) in [5, 5.41) is 17.5. The van der Waals surface area contributed by atoms with E-state index in [4.69, 9.17) is 38.1 Å². The van der Waals surface area contributed by atoms with E-state index in [9.17, 15) is 23.1 Å². The molecule has 0 aliphatic heterocycles. The number of benzene rings is 1. The molecule has 0 radical (unpaired) electrons. The maximum absolute atomic E-state index is 11.3. The lowest BCUT2D eigenvalue weighted by Gasteiger charge is -2.24. The van der Waals surface area contributed by atoms with Crippen LogP contribution in [0.4, 0.5) is 13.2 Å². The highest BCUT2D eigenvalue weighted by Gasteiger charge is 2.38. The number of rotatable bonds is 5. The van der Waals surface area contributed by atoms with E-state index in [2.05, 4.69) is 18.4 Å². The predicted octanol–water partition coefficient (Wildman–Crippen LogP) is 5.89. The first-order valence-electron chi connectivity index (χ1n) is 9.86. The fourth-order valence-electron chi connectivity index (χ4n) is 3.66. The zero-order chi connectivity index (χ0) is 24.2. The third-order valence-electron chi connectivity index (χ3n) is 4.97. The van der Waals surface area contributed by atoms with E-state index >= 15 is 0 Å². The Balaban J connectivity index is 0.000000451. The van der Waals surface area contributed by atoms with E-state index in [1.807, 2.05) is 12.1 Å². The van der Waals surface area contributed by atoms with Crippen molar-refractivity contribution in [2.24, 2.45) is 0 Å². The van der Waals surface area contributed by atoms with Crippen molar-refractivity contribution in [2.45, 2.75) is 64.1 Å². The third kappa shape index (κ3) is 6.62. The number of carbonyl (C=O) groups is 2. The predicted molar refractivity (Wildman–Crippen MR) is 114 cm³/mol. The number of nitrogens with zero attached hydrogens (tertiary/aromatic N) is 2. The van der Waals surface area contributed by atoms with Crippen molar-refractivity contribution in [3.8, 4) is 0 Å². The fourth-order valence-corrected chi connectivity index (χ4v) is 3.99. The largest absolute Gasteiger partial charge is 0.490 e. The zero-order valence-electron chi connectivity index (χ0n) is 17.4. The van der Waals surface area contributed by atoms with Gasteiger partial charge in [-0.25, -0.2) is 9.78 Å². The zero-order valence-corrected chi connectivity index (χ0v) is 18.9. The van der Waals surface area contributed by atoms with Crippen LogP contribution in [0.1, 0.15) is 67.7 Å². The number of aryl methyl sites for hydroxylation is 1. The number of hydrogen-bond donors (Lipinski definition) is 2. The molecular formula is C21H23Cl2F3N2O4. The molecule has 32 heavy (non-hydrogen) atoms. The lowest BCUT2D eigenvalue weighted by atomic mass is 9.87. The van der Waals surface area contributed by atoms with Crippen molar-refractivity contribution in [1.82, 2.24) is 9.55 Å². The van der Waals surface area contributed by atoms with Gasteiger partial charge in [-0.15, -0.1) is 0 Å². The highest BCUT2D eigenvalue weighted by atomic mass is 35.5. The molecule has 0 saturated carbocycles. The second kappa shape index (κ2) is 10.6. The minimum Gasteiger partial charge on any atom is -0.481 e. The molecule has 1 atom stereocenters. The van der Waals surface area contributed by atoms with Crippen LogP contribution >= 0.6 is 23.2 Å². The molecule has 0 saturated heterocycles. The summed E-state index contributed by atoms with van der Waals surface area (Å²) < 4.78 is 33.9. The first kappa shape index (κ1) is 26.0. The Morgan fingerprint density at radius 3 is 2.34 bits per heavy atom. The van der Waals surface area contributed by atoms with Crippen LogP contribution in [0.3, 0.4) is 0 Å². The lowest BCUT2D eigenvalue weighted by Crippen LogP contribution is -2.21. The number of fused-ring (bicyclic) bond motifs is 1. The molecule has 0 spiro atoms. The first-order chi connectivity index (χ1) is 14.8. The standard InChI is InChI=1S/C19H22Cl2N2O2.C2HF3O2/c1-11(2)19-22-16-5-3-4-13(9-17(24)25)18(16)23(19)10-12-6-7-14(20)15(21)8-12;3-2(4,5)1(6)7/h6-8,11,13H,3-5,9-10H2,1-2H3,(H,24,25);(H,6,7). The van der Waals surface area contributed by atoms with E-state index in [-0.39, 0.29) is 18.3 Å². The second-order valence-electron chi connectivity index (χ2n) is 7.78. The Hall–Kier alpha value is -2.26. The summed E-state index contributed by atoms with van der Waals surface area (Å²) >= 11 is 12.2. The summed E-state index contributed by atoms with van der Waals surface area (Å²) in [7, 11) is 0. The third-order valence-corrected chi connectivity index (χ3v) is 5.71. The number of hydrogen-bond acceptors (Lipinski definition) is 3. The van der Waals surface area contributed by atoms with Crippen molar-refractivity contribution in [2.75, 3.05) is 0 Å². The summed E-state index contributed by atoms with van der Waals surface area (Å²) in [5.74, 6) is -2.23. The number of aromatic nitrogens is 2. The van der Waals surface area contributed by atoms with Crippen LogP contribution in [-0.4, -0.2) is 37.9 Å². The molecular weight excluding hydrogens is 472 g/mol. The second-order valence-corrected chi connectivity index (χ2v) is 8.60. The van der Waals surface area contributed by atoms with Gasteiger partial charge in [0.25, 0.3) is 0 Å². The summed E-state index contributed by atoms with van der Waals surface area (Å²) in [6.07, 6.45) is -2.13. The molecule has 1 aromatic heterocycles. The molecule has 1 unspecified atom stereocenters. The molecule has 176 valence electrons. The molecule has 1 aliphatic rings. The van der Waals surface area contributed by atoms with Crippen molar-refractivity contribution < 1.29 is 33.0 Å². The molecule has 2 aromatic rings. The Kier molecular flexibility index (Phi) is 8.59. The SMILES string of the molecule is CC(C)c1nc2c(n1Cc1ccc(Cl)c(Cl)c1)C(CC(=O)O)CCC2.O=C(O)C(F)(F)F. The molecule has 1 heterocycles. The van der Waals surface area contributed by atoms with Crippen LogP contribution in [0.25, 0.3) is 0 Å². The average Bonchev–Trinajstić information content (AvgIpc) is 3.04. The van der Waals surface area contributed by atoms with Crippen molar-refractivity contribution >= 4 is 35.1 Å². The molecule has 11 heteroatoms. The quantitative estimate of drug-likeness (QED) is 0.540. The van der Waals surface area contributed by atoms with Gasteiger partial charge in [-0.3, -0.25) is 4.79 Å². The van der Waals surface area contributed by atoms with Crippen LogP contribution in [0, 0.1) is 0 Å². The molecule has 0 fully saturated rings. The average molecular weight is 495 g/mol. The molecule has 0 amide bonds. The van der Waals surface area contributed by atoms with Gasteiger partial charge < -0.3 is 14.8 Å². The van der Waals surface area contributed by atoms with Gasteiger partial charge in [0.1, 0.15) is 5.82 Å². The van der Waals surface area contributed by atoms with E-state index in [0.717, 1.165) is 42.0 Å². The van der Waals surface area contributed by atoms with Gasteiger partial charge in [-0.05, 0) is 37.0 Å². The maximum Gasteiger partial charge on any atom is 0.490 e. The number of alkyl halides is 3. The van der Waals surface area contributed by atoms with E-state index in [1.54, 1.807) is 6.07 Å². The highest BCUT2D eigenvalue weighted by Crippen LogP contribution is 2.37. The van der Waals surface area contributed by atoms with Crippen LogP contribution in [0.2, 0.25) is 10.0 Å². The molecule has 1 aliphatic carbocycles. The van der Waals surface area contributed by atoms with Gasteiger partial charge in [-0.1, -0.05) is 43.1 Å². The number of carboxylic acids is 2. The number of halogens is 5. The minimum absolute atomic E-state index is 0.0176. The van der Waals surface area contributed by atoms with Crippen molar-refractivity contribution in [3.05, 3.63) is 51.0 Å². The summed E-state index contributed by atoms with van der Waals surface area (Å²) in [6.45, 7) is 4.86. The van der Waals surface area contributed by atoms with E-state index in [0.29, 0.717) is 16.6 Å². The van der Waals surface area contributed by atoms with Gasteiger partial charge in [0.2, 0.25) is 0 Å². The van der Waals surface area contributed by atoms with Crippen molar-refractivity contribution in [3.63, 3.8) is 0 Å². The van der Waals surface area contributed by atoms with Gasteiger partial charge in [0, 0.05) is 24.1 Å². The van der Waals surface area contributed by atoms with Gasteiger partial charge >= 0.3 is 18.1 Å². The summed E-state index contributed by atoms with van der Waals surface area (Å²) in [5.41, 5.74) is 3.18. The molecule has 1 aromatic carbocycles. The normalized spacial score (nSPS) is 15.7. The Bertz CT molecular complexity index is 990. The molecule has 6 nitrogen and oxygen atoms in total. The Morgan fingerprint density at radius 1 is 1.22 bits per heavy atom. The van der Waals surface area contributed by atoms with Gasteiger partial charge in [0.15, 0.2) is 0 Å². The summed E-state index contributed by atoms with van der Waals surface area (Å²) in [4.78, 5) is 25.1. The summed E-state index contributed by atoms with van der Waals surface area (Å²) in [6, 6.07) is 5.63. The number of carboxylic acid groups (broad SMARTS) is 2. The number of imidazole rings is 1. The topological polar surface area (TPSA) is 92.4 Å². The Morgan fingerprint density at radius 2 is 1.84 bits per heavy atom. The molecule has 2 N–H and O–H groups in total. The van der Waals surface area contributed by atoms with Crippen LogP contribution in [-0.2, 0) is 22.6 Å². The molecule has 0 bridgehead atoms. The lowest BCUT2D eigenvalue weighted by molar-refractivity contribution is -0.192. The smallest absolute Gasteiger partial charge is 0.481 e. The number of aliphatic carboxylic acids is 2. The van der Waals surface area contributed by atoms with E-state index < -0.39 is 18.1 Å². The van der Waals surface area contributed by atoms with Crippen LogP contribution in [0.15, 0.2) is 18.2 Å². The maximum atomic E-state index is 11.3. The van der Waals surface area contributed by atoms with Crippen LogP contribution < -0.4 is 0 Å². The van der Waals surface area contributed by atoms with Gasteiger partial charge in [0.05, 0.1) is 22.2 Å². The van der Waals surface area contributed by atoms with E-state index in [1.165, 1.54) is 0 Å². The highest BCUT2D eigenvalue weighted by molar-refractivity contribution is 6.42. The fraction of sp³-hybridized carbons (Fsp3) is 0.476. The van der Waals surface area contributed by atoms with Crippen molar-refractivity contribution in [1.29, 1.82) is 0 Å².